The van der Waals surface area contributed by atoms with Crippen molar-refractivity contribution in [2.24, 2.45) is 5.41 Å². The molecule has 1 aromatic carbocycles. The molecular formula is C18H20N2O4. The third kappa shape index (κ3) is 3.42. The van der Waals surface area contributed by atoms with E-state index in [0.29, 0.717) is 5.69 Å². The number of benzene rings is 1. The van der Waals surface area contributed by atoms with E-state index in [1.807, 2.05) is 19.9 Å². The van der Waals surface area contributed by atoms with E-state index < -0.39 is 22.5 Å². The fraction of sp³-hybridized carbons (Fsp3) is 0.333. The first-order chi connectivity index (χ1) is 11.0. The van der Waals surface area contributed by atoms with Gasteiger partial charge in [-0.25, -0.2) is 4.79 Å². The highest BCUT2D eigenvalue weighted by Crippen LogP contribution is 2.20. The number of hydrogen-bond acceptors (Lipinski definition) is 4. The van der Waals surface area contributed by atoms with Gasteiger partial charge < -0.3 is 5.11 Å². The Morgan fingerprint density at radius 1 is 1.04 bits per heavy atom. The van der Waals surface area contributed by atoms with Gasteiger partial charge in [0.05, 0.1) is 5.69 Å². The number of hydrogen-bond donors (Lipinski definition) is 1. The zero-order valence-electron chi connectivity index (χ0n) is 14.4. The predicted molar refractivity (Wildman–Crippen MR) is 90.1 cm³/mol. The first-order valence-electron chi connectivity index (χ1n) is 7.52. The van der Waals surface area contributed by atoms with Crippen LogP contribution in [0.5, 0.6) is 0 Å². The van der Waals surface area contributed by atoms with Gasteiger partial charge in [-0.3, -0.25) is 9.59 Å². The number of aromatic nitrogens is 2. The Morgan fingerprint density at radius 2 is 1.58 bits per heavy atom. The lowest BCUT2D eigenvalue weighted by Gasteiger charge is -2.17. The van der Waals surface area contributed by atoms with Gasteiger partial charge in [0.25, 0.3) is 5.56 Å². The highest BCUT2D eigenvalue weighted by Gasteiger charge is 2.27. The van der Waals surface area contributed by atoms with Crippen LogP contribution in [0.4, 0.5) is 0 Å². The average Bonchev–Trinajstić information content (AvgIpc) is 2.44. The van der Waals surface area contributed by atoms with E-state index in [1.165, 1.54) is 0 Å². The molecule has 0 aliphatic rings. The smallest absolute Gasteiger partial charge is 0.341 e. The van der Waals surface area contributed by atoms with Crippen LogP contribution in [-0.2, 0) is 0 Å². The van der Waals surface area contributed by atoms with E-state index in [4.69, 9.17) is 0 Å². The minimum absolute atomic E-state index is 0.0429. The van der Waals surface area contributed by atoms with Gasteiger partial charge in [-0.15, -0.1) is 0 Å². The number of carbonyl (C=O) groups excluding carboxylic acids is 1. The quantitative estimate of drug-likeness (QED) is 0.875. The van der Waals surface area contributed by atoms with Crippen LogP contribution < -0.4 is 5.56 Å². The predicted octanol–water partition coefficient (Wildman–Crippen LogP) is 2.78. The second kappa shape index (κ2) is 6.03. The first kappa shape index (κ1) is 17.6. The molecule has 2 aromatic rings. The molecular weight excluding hydrogens is 308 g/mol. The molecule has 0 aliphatic carbocycles. The van der Waals surface area contributed by atoms with Crippen molar-refractivity contribution >= 4 is 11.8 Å². The number of rotatable bonds is 3. The van der Waals surface area contributed by atoms with Crippen LogP contribution in [0.3, 0.4) is 0 Å². The van der Waals surface area contributed by atoms with E-state index in [0.717, 1.165) is 21.9 Å². The average molecular weight is 328 g/mol. The molecule has 0 atom stereocenters. The van der Waals surface area contributed by atoms with Crippen LogP contribution in [0.2, 0.25) is 0 Å². The van der Waals surface area contributed by atoms with Gasteiger partial charge in [0.15, 0.2) is 5.78 Å². The van der Waals surface area contributed by atoms with Crippen molar-refractivity contribution in [3.63, 3.8) is 0 Å². The van der Waals surface area contributed by atoms with Gasteiger partial charge in [0.1, 0.15) is 11.3 Å². The SMILES string of the molecule is Cc1cc(C)cc(-n2nc(C(=O)C(C)(C)C)cc(C(=O)O)c2=O)c1. The van der Waals surface area contributed by atoms with Crippen molar-refractivity contribution in [1.29, 1.82) is 0 Å². The van der Waals surface area contributed by atoms with Crippen molar-refractivity contribution in [1.82, 2.24) is 9.78 Å². The highest BCUT2D eigenvalue weighted by molar-refractivity contribution is 5.99. The van der Waals surface area contributed by atoms with Crippen molar-refractivity contribution in [2.75, 3.05) is 0 Å². The van der Waals surface area contributed by atoms with Crippen LogP contribution >= 0.6 is 0 Å². The van der Waals surface area contributed by atoms with E-state index in [-0.39, 0.29) is 11.5 Å². The Morgan fingerprint density at radius 3 is 2.04 bits per heavy atom. The largest absolute Gasteiger partial charge is 0.477 e. The minimum Gasteiger partial charge on any atom is -0.477 e. The first-order valence-corrected chi connectivity index (χ1v) is 7.52. The lowest BCUT2D eigenvalue weighted by atomic mass is 9.88. The summed E-state index contributed by atoms with van der Waals surface area (Å²) in [5.41, 5.74) is 0.219. The molecule has 2 rings (SSSR count). The summed E-state index contributed by atoms with van der Waals surface area (Å²) in [6.07, 6.45) is 0. The van der Waals surface area contributed by atoms with Crippen LogP contribution in [0.15, 0.2) is 29.1 Å². The molecule has 126 valence electrons. The number of aromatic carboxylic acids is 1. The molecule has 6 heteroatoms. The molecule has 0 spiro atoms. The summed E-state index contributed by atoms with van der Waals surface area (Å²) in [7, 11) is 0. The molecule has 1 N–H and O–H groups in total. The topological polar surface area (TPSA) is 89.3 Å². The fourth-order valence-electron chi connectivity index (χ4n) is 2.39. The second-order valence-electron chi connectivity index (χ2n) is 6.89. The van der Waals surface area contributed by atoms with Gasteiger partial charge in [0.2, 0.25) is 0 Å². The van der Waals surface area contributed by atoms with Gasteiger partial charge in [-0.1, -0.05) is 26.8 Å². The molecule has 0 aliphatic heterocycles. The van der Waals surface area contributed by atoms with Gasteiger partial charge in [-0.2, -0.15) is 9.78 Å². The molecule has 0 fully saturated rings. The van der Waals surface area contributed by atoms with Crippen molar-refractivity contribution in [3.05, 3.63) is 57.0 Å². The molecule has 0 unspecified atom stereocenters. The second-order valence-corrected chi connectivity index (χ2v) is 6.89. The lowest BCUT2D eigenvalue weighted by molar-refractivity contribution is 0.0694. The summed E-state index contributed by atoms with van der Waals surface area (Å²) >= 11 is 0. The maximum atomic E-state index is 12.5. The lowest BCUT2D eigenvalue weighted by Crippen LogP contribution is -2.32. The van der Waals surface area contributed by atoms with Crippen molar-refractivity contribution in [3.8, 4) is 5.69 Å². The van der Waals surface area contributed by atoms with Gasteiger partial charge in [-0.05, 0) is 43.2 Å². The number of aryl methyl sites for hydroxylation is 2. The third-order valence-corrected chi connectivity index (χ3v) is 3.51. The van der Waals surface area contributed by atoms with E-state index in [9.17, 15) is 19.5 Å². The minimum atomic E-state index is -1.39. The number of carboxylic acids is 1. The number of ketones is 1. The molecule has 0 bridgehead atoms. The van der Waals surface area contributed by atoms with Crippen molar-refractivity contribution < 1.29 is 14.7 Å². The Labute approximate surface area is 139 Å². The number of nitrogens with zero attached hydrogens (tertiary/aromatic N) is 2. The van der Waals surface area contributed by atoms with Crippen LogP contribution in [0, 0.1) is 19.3 Å². The molecule has 0 radical (unpaired) electrons. The van der Waals surface area contributed by atoms with Crippen LogP contribution in [0.25, 0.3) is 5.69 Å². The van der Waals surface area contributed by atoms with E-state index >= 15 is 0 Å². The Hall–Kier alpha value is -2.76. The Balaban J connectivity index is 2.80. The molecule has 0 saturated heterocycles. The Kier molecular flexibility index (Phi) is 4.42. The molecule has 24 heavy (non-hydrogen) atoms. The maximum Gasteiger partial charge on any atom is 0.341 e. The zero-order valence-corrected chi connectivity index (χ0v) is 14.4. The van der Waals surface area contributed by atoms with Crippen LogP contribution in [-0.4, -0.2) is 26.6 Å². The summed E-state index contributed by atoms with van der Waals surface area (Å²) in [6.45, 7) is 8.87. The molecule has 0 saturated carbocycles. The monoisotopic (exact) mass is 328 g/mol. The summed E-state index contributed by atoms with van der Waals surface area (Å²) in [5, 5.41) is 13.4. The highest BCUT2D eigenvalue weighted by atomic mass is 16.4. The molecule has 1 heterocycles. The van der Waals surface area contributed by atoms with E-state index in [2.05, 4.69) is 5.10 Å². The summed E-state index contributed by atoms with van der Waals surface area (Å²) in [6, 6.07) is 6.42. The van der Waals surface area contributed by atoms with Crippen molar-refractivity contribution in [2.45, 2.75) is 34.6 Å². The number of Topliss-reactive ketones (excluding diaryl/α,β-unsaturated/α-hetero) is 1. The summed E-state index contributed by atoms with van der Waals surface area (Å²) in [4.78, 5) is 36.4. The summed E-state index contributed by atoms with van der Waals surface area (Å²) < 4.78 is 0.989. The van der Waals surface area contributed by atoms with Gasteiger partial charge >= 0.3 is 5.97 Å². The van der Waals surface area contributed by atoms with Crippen LogP contribution in [0.1, 0.15) is 52.7 Å². The zero-order chi connectivity index (χ0) is 18.2. The number of carboxylic acid groups (broad SMARTS) is 1. The normalized spacial score (nSPS) is 11.4. The van der Waals surface area contributed by atoms with E-state index in [1.54, 1.807) is 32.9 Å². The summed E-state index contributed by atoms with van der Waals surface area (Å²) in [5.74, 6) is -1.72. The number of carbonyl (C=O) groups is 2. The molecule has 1 aromatic heterocycles. The third-order valence-electron chi connectivity index (χ3n) is 3.51. The fourth-order valence-corrected chi connectivity index (χ4v) is 2.39. The standard InChI is InChI=1S/C18H20N2O4/c1-10-6-11(2)8-12(7-10)20-16(22)13(17(23)24)9-14(19-20)15(21)18(3,4)5/h6-9H,1-5H3,(H,23,24). The maximum absolute atomic E-state index is 12.5. The Bertz CT molecular complexity index is 869. The molecule has 6 nitrogen and oxygen atoms in total. The molecule has 0 amide bonds. The van der Waals surface area contributed by atoms with Gasteiger partial charge in [0, 0.05) is 5.41 Å².